The Bertz CT molecular complexity index is 454. The minimum absolute atomic E-state index is 0.529. The summed E-state index contributed by atoms with van der Waals surface area (Å²) in [6.45, 7) is 4.59. The Balaban J connectivity index is 2.35. The molecule has 16 heavy (non-hydrogen) atoms. The number of H-pyrrole nitrogens is 1. The van der Waals surface area contributed by atoms with Crippen LogP contribution in [0.25, 0.3) is 11.1 Å². The van der Waals surface area contributed by atoms with Crippen molar-refractivity contribution >= 4 is 5.82 Å². The van der Waals surface area contributed by atoms with Gasteiger partial charge in [-0.3, -0.25) is 5.10 Å². The predicted molar refractivity (Wildman–Crippen MR) is 64.3 cm³/mol. The van der Waals surface area contributed by atoms with E-state index in [1.165, 1.54) is 0 Å². The van der Waals surface area contributed by atoms with Crippen molar-refractivity contribution in [3.05, 3.63) is 30.0 Å². The second kappa shape index (κ2) is 4.26. The predicted octanol–water partition coefficient (Wildman–Crippen LogP) is 2.37. The number of hydrogen-bond acceptors (Lipinski definition) is 3. The van der Waals surface area contributed by atoms with Gasteiger partial charge in [0.2, 0.25) is 0 Å². The Hall–Kier alpha value is -1.97. The number of aromatic nitrogens is 2. The van der Waals surface area contributed by atoms with Crippen molar-refractivity contribution in [1.82, 2.24) is 10.2 Å². The van der Waals surface area contributed by atoms with E-state index in [1.807, 2.05) is 38.1 Å². The number of nitrogen functional groups attached to an aromatic ring is 1. The van der Waals surface area contributed by atoms with Crippen LogP contribution in [0.4, 0.5) is 5.82 Å². The number of nitrogens with one attached hydrogen (secondary N) is 1. The zero-order valence-corrected chi connectivity index (χ0v) is 9.45. The van der Waals surface area contributed by atoms with Crippen LogP contribution in [0.5, 0.6) is 5.75 Å². The lowest BCUT2D eigenvalue weighted by Gasteiger charge is -2.05. The molecule has 1 aromatic heterocycles. The summed E-state index contributed by atoms with van der Waals surface area (Å²) in [6.07, 6.45) is 0. The highest BCUT2D eigenvalue weighted by Gasteiger charge is 2.09. The van der Waals surface area contributed by atoms with Gasteiger partial charge < -0.3 is 10.5 Å². The average Bonchev–Trinajstić information content (AvgIpc) is 2.61. The van der Waals surface area contributed by atoms with E-state index >= 15 is 0 Å². The highest BCUT2D eigenvalue weighted by molar-refractivity contribution is 5.76. The fourth-order valence-corrected chi connectivity index (χ4v) is 1.70. The van der Waals surface area contributed by atoms with Crippen LogP contribution < -0.4 is 10.5 Å². The van der Waals surface area contributed by atoms with Gasteiger partial charge in [-0.2, -0.15) is 5.10 Å². The second-order valence-electron chi connectivity index (χ2n) is 3.57. The lowest BCUT2D eigenvalue weighted by atomic mass is 10.1. The summed E-state index contributed by atoms with van der Waals surface area (Å²) < 4.78 is 5.38. The minimum Gasteiger partial charge on any atom is -0.494 e. The molecule has 0 aliphatic rings. The van der Waals surface area contributed by atoms with Gasteiger partial charge in [-0.15, -0.1) is 0 Å². The first kappa shape index (κ1) is 10.5. The van der Waals surface area contributed by atoms with Gasteiger partial charge in [0.05, 0.1) is 6.61 Å². The maximum absolute atomic E-state index is 5.80. The quantitative estimate of drug-likeness (QED) is 0.829. The Kier molecular flexibility index (Phi) is 2.81. The summed E-state index contributed by atoms with van der Waals surface area (Å²) in [4.78, 5) is 0. The van der Waals surface area contributed by atoms with Gasteiger partial charge in [0.1, 0.15) is 5.75 Å². The topological polar surface area (TPSA) is 63.9 Å². The fourth-order valence-electron chi connectivity index (χ4n) is 1.70. The Morgan fingerprint density at radius 3 is 2.50 bits per heavy atom. The molecule has 0 radical (unpaired) electrons. The van der Waals surface area contributed by atoms with Crippen molar-refractivity contribution in [1.29, 1.82) is 0 Å². The van der Waals surface area contributed by atoms with Crippen molar-refractivity contribution in [3.8, 4) is 16.9 Å². The van der Waals surface area contributed by atoms with Crippen LogP contribution in [0.2, 0.25) is 0 Å². The van der Waals surface area contributed by atoms with Crippen molar-refractivity contribution in [2.24, 2.45) is 0 Å². The van der Waals surface area contributed by atoms with Crippen molar-refractivity contribution < 1.29 is 4.74 Å². The molecule has 0 bridgehead atoms. The number of nitrogens with two attached hydrogens (primary N) is 1. The Morgan fingerprint density at radius 2 is 2.00 bits per heavy atom. The molecule has 0 saturated carbocycles. The van der Waals surface area contributed by atoms with Crippen LogP contribution in [-0.4, -0.2) is 16.8 Å². The third kappa shape index (κ3) is 1.86. The first-order valence-electron chi connectivity index (χ1n) is 5.26. The van der Waals surface area contributed by atoms with Crippen molar-refractivity contribution in [2.75, 3.05) is 12.3 Å². The van der Waals surface area contributed by atoms with Crippen LogP contribution in [0.1, 0.15) is 12.6 Å². The Labute approximate surface area is 94.4 Å². The number of ether oxygens (including phenoxy) is 1. The second-order valence-corrected chi connectivity index (χ2v) is 3.57. The molecule has 0 unspecified atom stereocenters. The molecular weight excluding hydrogens is 202 g/mol. The van der Waals surface area contributed by atoms with E-state index in [0.29, 0.717) is 12.4 Å². The van der Waals surface area contributed by atoms with Gasteiger partial charge in [0.25, 0.3) is 0 Å². The SMILES string of the molecule is CCOc1ccc(-c2c(N)n[nH]c2C)cc1. The van der Waals surface area contributed by atoms with Crippen LogP contribution >= 0.6 is 0 Å². The van der Waals surface area contributed by atoms with Crippen LogP contribution in [0, 0.1) is 6.92 Å². The molecule has 1 aromatic carbocycles. The van der Waals surface area contributed by atoms with Gasteiger partial charge in [-0.1, -0.05) is 12.1 Å². The third-order valence-corrected chi connectivity index (χ3v) is 2.43. The van der Waals surface area contributed by atoms with E-state index in [1.54, 1.807) is 0 Å². The standard InChI is InChI=1S/C12H15N3O/c1-3-16-10-6-4-9(5-7-10)11-8(2)14-15-12(11)13/h4-7H,3H2,1-2H3,(H3,13,14,15). The molecule has 0 saturated heterocycles. The summed E-state index contributed by atoms with van der Waals surface area (Å²) in [5, 5.41) is 6.84. The van der Waals surface area contributed by atoms with Gasteiger partial charge in [0, 0.05) is 11.3 Å². The lowest BCUT2D eigenvalue weighted by molar-refractivity contribution is 0.340. The van der Waals surface area contributed by atoms with Gasteiger partial charge in [0.15, 0.2) is 5.82 Å². The molecule has 2 aromatic rings. The van der Waals surface area contributed by atoms with Gasteiger partial charge in [-0.25, -0.2) is 0 Å². The number of aromatic amines is 1. The Morgan fingerprint density at radius 1 is 1.31 bits per heavy atom. The molecule has 3 N–H and O–H groups in total. The van der Waals surface area contributed by atoms with E-state index < -0.39 is 0 Å². The highest BCUT2D eigenvalue weighted by atomic mass is 16.5. The highest BCUT2D eigenvalue weighted by Crippen LogP contribution is 2.28. The maximum atomic E-state index is 5.80. The molecule has 4 nitrogen and oxygen atoms in total. The minimum atomic E-state index is 0.529. The van der Waals surface area contributed by atoms with E-state index in [0.717, 1.165) is 22.6 Å². The molecule has 1 heterocycles. The number of hydrogen-bond donors (Lipinski definition) is 2. The smallest absolute Gasteiger partial charge is 0.153 e. The molecule has 0 amide bonds. The molecule has 0 aliphatic heterocycles. The lowest BCUT2D eigenvalue weighted by Crippen LogP contribution is -1.92. The fraction of sp³-hybridized carbons (Fsp3) is 0.250. The molecular formula is C12H15N3O. The van der Waals surface area contributed by atoms with Crippen LogP contribution in [-0.2, 0) is 0 Å². The molecule has 84 valence electrons. The number of anilines is 1. The zero-order chi connectivity index (χ0) is 11.5. The van der Waals surface area contributed by atoms with Gasteiger partial charge >= 0.3 is 0 Å². The summed E-state index contributed by atoms with van der Waals surface area (Å²) >= 11 is 0. The number of benzene rings is 1. The summed E-state index contributed by atoms with van der Waals surface area (Å²) in [5.74, 6) is 1.40. The van der Waals surface area contributed by atoms with Crippen molar-refractivity contribution in [2.45, 2.75) is 13.8 Å². The first-order chi connectivity index (χ1) is 7.72. The maximum Gasteiger partial charge on any atom is 0.153 e. The molecule has 0 spiro atoms. The van der Waals surface area contributed by atoms with Crippen molar-refractivity contribution in [3.63, 3.8) is 0 Å². The molecule has 0 atom stereocenters. The average molecular weight is 217 g/mol. The van der Waals surface area contributed by atoms with E-state index in [9.17, 15) is 0 Å². The van der Waals surface area contributed by atoms with E-state index in [2.05, 4.69) is 10.2 Å². The zero-order valence-electron chi connectivity index (χ0n) is 9.45. The number of rotatable bonds is 3. The summed E-state index contributed by atoms with van der Waals surface area (Å²) in [6, 6.07) is 7.84. The molecule has 0 fully saturated rings. The number of nitrogens with zero attached hydrogens (tertiary/aromatic N) is 1. The monoisotopic (exact) mass is 217 g/mol. The molecule has 2 rings (SSSR count). The summed E-state index contributed by atoms with van der Waals surface area (Å²) in [7, 11) is 0. The summed E-state index contributed by atoms with van der Waals surface area (Å²) in [5.41, 5.74) is 8.78. The van der Waals surface area contributed by atoms with E-state index in [4.69, 9.17) is 10.5 Å². The number of aryl methyl sites for hydroxylation is 1. The van der Waals surface area contributed by atoms with Crippen LogP contribution in [0.3, 0.4) is 0 Å². The molecule has 0 aliphatic carbocycles. The first-order valence-corrected chi connectivity index (χ1v) is 5.26. The van der Waals surface area contributed by atoms with E-state index in [-0.39, 0.29) is 0 Å². The largest absolute Gasteiger partial charge is 0.494 e. The van der Waals surface area contributed by atoms with Gasteiger partial charge in [-0.05, 0) is 31.5 Å². The normalized spacial score (nSPS) is 10.4. The third-order valence-electron chi connectivity index (χ3n) is 2.43. The van der Waals surface area contributed by atoms with Crippen LogP contribution in [0.15, 0.2) is 24.3 Å². The molecule has 4 heteroatoms.